The fourth-order valence-electron chi connectivity index (χ4n) is 1.89. The van der Waals surface area contributed by atoms with Crippen molar-refractivity contribution < 1.29 is 9.59 Å². The van der Waals surface area contributed by atoms with Crippen LogP contribution in [0.4, 0.5) is 0 Å². The number of nitrogens with one attached hydrogen (secondary N) is 1. The average Bonchev–Trinajstić information content (AvgIpc) is 2.25. The van der Waals surface area contributed by atoms with Crippen molar-refractivity contribution in [3.05, 3.63) is 0 Å². The molecule has 5 nitrogen and oxygen atoms in total. The molecular weight excluding hydrogens is 218 g/mol. The van der Waals surface area contributed by atoms with Gasteiger partial charge in [0.25, 0.3) is 0 Å². The molecule has 0 aromatic rings. The van der Waals surface area contributed by atoms with Crippen LogP contribution in [0.3, 0.4) is 0 Å². The van der Waals surface area contributed by atoms with Gasteiger partial charge in [0.1, 0.15) is 0 Å². The van der Waals surface area contributed by atoms with Crippen molar-refractivity contribution >= 4 is 11.8 Å². The van der Waals surface area contributed by atoms with Gasteiger partial charge in [-0.05, 0) is 33.6 Å². The number of primary amides is 1. The second kappa shape index (κ2) is 5.49. The van der Waals surface area contributed by atoms with Crippen molar-refractivity contribution in [2.45, 2.75) is 39.2 Å². The van der Waals surface area contributed by atoms with Crippen molar-refractivity contribution in [1.29, 1.82) is 0 Å². The normalized spacial score (nSPS) is 21.4. The van der Waals surface area contributed by atoms with Crippen LogP contribution in [0.15, 0.2) is 0 Å². The molecule has 0 aromatic carbocycles. The van der Waals surface area contributed by atoms with E-state index >= 15 is 0 Å². The van der Waals surface area contributed by atoms with Gasteiger partial charge in [0, 0.05) is 18.6 Å². The van der Waals surface area contributed by atoms with Gasteiger partial charge in [-0.2, -0.15) is 0 Å². The van der Waals surface area contributed by atoms with Crippen LogP contribution in [-0.2, 0) is 9.59 Å². The molecule has 0 aromatic heterocycles. The zero-order chi connectivity index (χ0) is 13.1. The third-order valence-corrected chi connectivity index (χ3v) is 2.95. The van der Waals surface area contributed by atoms with Crippen molar-refractivity contribution in [3.8, 4) is 0 Å². The molecule has 0 spiro atoms. The highest BCUT2D eigenvalue weighted by Crippen LogP contribution is 2.16. The Hall–Kier alpha value is -1.10. The summed E-state index contributed by atoms with van der Waals surface area (Å²) in [6.07, 6.45) is 1.65. The monoisotopic (exact) mass is 241 g/mol. The highest BCUT2D eigenvalue weighted by atomic mass is 16.2. The van der Waals surface area contributed by atoms with E-state index in [2.05, 4.69) is 5.32 Å². The number of hydrogen-bond acceptors (Lipinski definition) is 3. The van der Waals surface area contributed by atoms with Gasteiger partial charge in [0.2, 0.25) is 11.8 Å². The number of likely N-dealkylation sites (tertiary alicyclic amines) is 1. The Kier molecular flexibility index (Phi) is 4.51. The van der Waals surface area contributed by atoms with Gasteiger partial charge < -0.3 is 16.0 Å². The number of nitrogens with two attached hydrogens (primary N) is 1. The third-order valence-electron chi connectivity index (χ3n) is 2.95. The Morgan fingerprint density at radius 2 is 2.06 bits per heavy atom. The number of carbonyl (C=O) groups excluding carboxylic acids is 2. The minimum absolute atomic E-state index is 0.0471. The molecule has 1 atom stereocenters. The third kappa shape index (κ3) is 4.73. The fourth-order valence-corrected chi connectivity index (χ4v) is 1.89. The van der Waals surface area contributed by atoms with E-state index in [1.807, 2.05) is 20.8 Å². The van der Waals surface area contributed by atoms with Gasteiger partial charge in [-0.3, -0.25) is 9.59 Å². The Morgan fingerprint density at radius 1 is 1.41 bits per heavy atom. The van der Waals surface area contributed by atoms with Crippen LogP contribution >= 0.6 is 0 Å². The second-order valence-corrected chi connectivity index (χ2v) is 5.68. The molecule has 5 heteroatoms. The van der Waals surface area contributed by atoms with Crippen molar-refractivity contribution in [2.24, 2.45) is 11.7 Å². The minimum Gasteiger partial charge on any atom is -0.369 e. The highest BCUT2D eigenvalue weighted by molar-refractivity contribution is 5.81. The van der Waals surface area contributed by atoms with E-state index < -0.39 is 0 Å². The fraction of sp³-hybridized carbons (Fsp3) is 0.833. The van der Waals surface area contributed by atoms with Crippen LogP contribution in [0.5, 0.6) is 0 Å². The molecule has 0 radical (unpaired) electrons. The number of hydrogen-bond donors (Lipinski definition) is 2. The van der Waals surface area contributed by atoms with Gasteiger partial charge in [0.15, 0.2) is 0 Å². The lowest BCUT2D eigenvalue weighted by Gasteiger charge is -2.32. The molecule has 0 saturated carbocycles. The molecule has 1 heterocycles. The Bertz CT molecular complexity index is 297. The van der Waals surface area contributed by atoms with Crippen LogP contribution < -0.4 is 11.1 Å². The Balaban J connectivity index is 2.44. The van der Waals surface area contributed by atoms with Crippen LogP contribution in [-0.4, -0.2) is 41.9 Å². The molecule has 1 rings (SSSR count). The summed E-state index contributed by atoms with van der Waals surface area (Å²) in [6, 6.07) is 0. The van der Waals surface area contributed by atoms with E-state index in [1.165, 1.54) is 0 Å². The molecule has 1 fully saturated rings. The molecule has 1 aliphatic rings. The lowest BCUT2D eigenvalue weighted by molar-refractivity contribution is -0.134. The van der Waals surface area contributed by atoms with Gasteiger partial charge in [-0.15, -0.1) is 0 Å². The molecule has 1 aliphatic heterocycles. The summed E-state index contributed by atoms with van der Waals surface area (Å²) in [4.78, 5) is 24.8. The van der Waals surface area contributed by atoms with E-state index in [4.69, 9.17) is 5.73 Å². The van der Waals surface area contributed by atoms with Crippen LogP contribution in [0.1, 0.15) is 33.6 Å². The molecule has 98 valence electrons. The summed E-state index contributed by atoms with van der Waals surface area (Å²) in [5.74, 6) is -0.431. The first kappa shape index (κ1) is 14.0. The smallest absolute Gasteiger partial charge is 0.236 e. The standard InChI is InChI=1S/C12H23N3O2/c1-12(2,3)14-7-10(16)15-6-4-5-9(8-15)11(13)17/h9,14H,4-8H2,1-3H3,(H2,13,17). The Labute approximate surface area is 103 Å². The molecule has 0 aliphatic carbocycles. The molecule has 2 amide bonds. The minimum atomic E-state index is -0.300. The number of nitrogens with zero attached hydrogens (tertiary/aromatic N) is 1. The van der Waals surface area contributed by atoms with Crippen LogP contribution in [0.2, 0.25) is 0 Å². The molecule has 1 unspecified atom stereocenters. The zero-order valence-corrected chi connectivity index (χ0v) is 11.0. The SMILES string of the molecule is CC(C)(C)NCC(=O)N1CCCC(C(N)=O)C1. The lowest BCUT2D eigenvalue weighted by atomic mass is 9.97. The first-order chi connectivity index (χ1) is 7.79. The average molecular weight is 241 g/mol. The maximum Gasteiger partial charge on any atom is 0.236 e. The zero-order valence-electron chi connectivity index (χ0n) is 11.0. The van der Waals surface area contributed by atoms with Crippen molar-refractivity contribution in [3.63, 3.8) is 0 Å². The van der Waals surface area contributed by atoms with E-state index in [-0.39, 0.29) is 23.3 Å². The van der Waals surface area contributed by atoms with Gasteiger partial charge in [-0.25, -0.2) is 0 Å². The first-order valence-electron chi connectivity index (χ1n) is 6.12. The summed E-state index contributed by atoms with van der Waals surface area (Å²) < 4.78 is 0. The maximum atomic E-state index is 11.9. The van der Waals surface area contributed by atoms with E-state index in [1.54, 1.807) is 4.90 Å². The van der Waals surface area contributed by atoms with Crippen molar-refractivity contribution in [2.75, 3.05) is 19.6 Å². The molecular formula is C12H23N3O2. The summed E-state index contributed by atoms with van der Waals surface area (Å²) >= 11 is 0. The highest BCUT2D eigenvalue weighted by Gasteiger charge is 2.27. The molecule has 3 N–H and O–H groups in total. The van der Waals surface area contributed by atoms with E-state index in [9.17, 15) is 9.59 Å². The molecule has 0 bridgehead atoms. The lowest BCUT2D eigenvalue weighted by Crippen LogP contribution is -2.49. The number of amides is 2. The van der Waals surface area contributed by atoms with Gasteiger partial charge in [0.05, 0.1) is 12.5 Å². The number of piperidine rings is 1. The van der Waals surface area contributed by atoms with Crippen LogP contribution in [0.25, 0.3) is 0 Å². The van der Waals surface area contributed by atoms with Gasteiger partial charge in [-0.1, -0.05) is 0 Å². The molecule has 17 heavy (non-hydrogen) atoms. The largest absolute Gasteiger partial charge is 0.369 e. The molecule has 1 saturated heterocycles. The predicted octanol–water partition coefficient (Wildman–Crippen LogP) is 0.0984. The Morgan fingerprint density at radius 3 is 2.59 bits per heavy atom. The quantitative estimate of drug-likeness (QED) is 0.735. The van der Waals surface area contributed by atoms with E-state index in [0.717, 1.165) is 19.4 Å². The van der Waals surface area contributed by atoms with Gasteiger partial charge >= 0.3 is 0 Å². The summed E-state index contributed by atoms with van der Waals surface area (Å²) in [5.41, 5.74) is 5.21. The summed E-state index contributed by atoms with van der Waals surface area (Å²) in [7, 11) is 0. The van der Waals surface area contributed by atoms with Crippen LogP contribution in [0, 0.1) is 5.92 Å². The topological polar surface area (TPSA) is 75.4 Å². The predicted molar refractivity (Wildman–Crippen MR) is 66.3 cm³/mol. The second-order valence-electron chi connectivity index (χ2n) is 5.68. The summed E-state index contributed by atoms with van der Waals surface area (Å²) in [5, 5.41) is 3.16. The first-order valence-corrected chi connectivity index (χ1v) is 6.12. The van der Waals surface area contributed by atoms with E-state index in [0.29, 0.717) is 13.1 Å². The number of carbonyl (C=O) groups is 2. The maximum absolute atomic E-state index is 11.9. The van der Waals surface area contributed by atoms with Crippen molar-refractivity contribution in [1.82, 2.24) is 10.2 Å². The number of rotatable bonds is 3. The summed E-state index contributed by atoms with van der Waals surface area (Å²) in [6.45, 7) is 7.57.